The molecule has 9 heteroatoms. The fourth-order valence-corrected chi connectivity index (χ4v) is 8.33. The molecule has 6 atom stereocenters. The van der Waals surface area contributed by atoms with Gasteiger partial charge in [-0.3, -0.25) is 24.1 Å². The van der Waals surface area contributed by atoms with Crippen LogP contribution in [-0.2, 0) is 19.2 Å². The average Bonchev–Trinajstić information content (AvgIpc) is 3.34. The molecular weight excluding hydrogens is 559 g/mol. The molecule has 0 bridgehead atoms. The molecule has 7 nitrogen and oxygen atoms in total. The van der Waals surface area contributed by atoms with Gasteiger partial charge in [0.1, 0.15) is 11.6 Å². The maximum Gasteiger partial charge on any atom is 0.241 e. The third-order valence-corrected chi connectivity index (χ3v) is 10.4. The highest BCUT2D eigenvalue weighted by Gasteiger charge is 2.68. The molecule has 3 aromatic carbocycles. The second kappa shape index (κ2) is 9.23. The quantitative estimate of drug-likeness (QED) is 0.319. The van der Waals surface area contributed by atoms with Gasteiger partial charge >= 0.3 is 0 Å². The van der Waals surface area contributed by atoms with Crippen molar-refractivity contribution < 1.29 is 28.7 Å². The molecule has 42 heavy (non-hydrogen) atoms. The third kappa shape index (κ3) is 3.38. The van der Waals surface area contributed by atoms with Crippen LogP contribution in [0.5, 0.6) is 5.75 Å². The lowest BCUT2D eigenvalue weighted by atomic mass is 9.51. The summed E-state index contributed by atoms with van der Waals surface area (Å²) in [5.41, 5.74) is 0.123. The van der Waals surface area contributed by atoms with Crippen molar-refractivity contribution in [2.24, 2.45) is 29.1 Å². The van der Waals surface area contributed by atoms with Crippen molar-refractivity contribution in [1.82, 2.24) is 4.90 Å². The maximum atomic E-state index is 14.5. The van der Waals surface area contributed by atoms with Crippen molar-refractivity contribution in [2.45, 2.75) is 32.6 Å². The number of halogens is 2. The number of phenols is 1. The number of imide groups is 2. The molecule has 3 fully saturated rings. The minimum Gasteiger partial charge on any atom is -0.508 e. The Hall–Kier alpha value is -4.04. The number of amides is 4. The number of carbonyl (C=O) groups excluding carboxylic acids is 4. The van der Waals surface area contributed by atoms with Gasteiger partial charge in [-0.05, 0) is 67.6 Å². The van der Waals surface area contributed by atoms with Gasteiger partial charge in [-0.2, -0.15) is 0 Å². The number of nitrogens with zero attached hydrogens (tertiary/aromatic N) is 2. The summed E-state index contributed by atoms with van der Waals surface area (Å²) in [6, 6.07) is 14.6. The predicted octanol–water partition coefficient (Wildman–Crippen LogP) is 5.59. The minimum atomic E-state index is -1.34. The maximum absolute atomic E-state index is 14.5. The molecule has 4 aliphatic rings. The van der Waals surface area contributed by atoms with E-state index in [1.807, 2.05) is 30.3 Å². The van der Waals surface area contributed by atoms with Crippen molar-refractivity contribution in [3.63, 3.8) is 0 Å². The summed E-state index contributed by atoms with van der Waals surface area (Å²) in [5, 5.41) is 12.8. The molecule has 2 aliphatic carbocycles. The zero-order valence-corrected chi connectivity index (χ0v) is 23.8. The average molecular weight is 587 g/mol. The van der Waals surface area contributed by atoms with Crippen molar-refractivity contribution in [2.75, 3.05) is 11.4 Å². The highest BCUT2D eigenvalue weighted by atomic mass is 35.5. The van der Waals surface area contributed by atoms with Gasteiger partial charge in [-0.15, -0.1) is 0 Å². The first-order valence-electron chi connectivity index (χ1n) is 14.2. The summed E-state index contributed by atoms with van der Waals surface area (Å²) >= 11 is 6.06. The standard InChI is InChI=1S/C33H28ClFN2O5/c1-3-36-29(39)20-11-10-19-21(26(20)31(36)41)15-22-30(40)37(17-9-12-24(35)23(34)14-17)32(42)33(22,2)28(19)27-18-7-5-4-6-16(18)8-13-25(27)38/h4-10,12-14,20-22,26,28,38H,3,11,15H2,1-2H3. The molecule has 6 unspecified atom stereocenters. The molecule has 1 saturated carbocycles. The van der Waals surface area contributed by atoms with Crippen molar-refractivity contribution in [3.05, 3.63) is 82.6 Å². The van der Waals surface area contributed by atoms with E-state index < -0.39 is 52.6 Å². The Kier molecular flexibility index (Phi) is 5.90. The van der Waals surface area contributed by atoms with Gasteiger partial charge in [-0.1, -0.05) is 53.6 Å². The van der Waals surface area contributed by atoms with Crippen LogP contribution in [0.4, 0.5) is 10.1 Å². The number of hydrogen-bond donors (Lipinski definition) is 1. The topological polar surface area (TPSA) is 95.0 Å². The lowest BCUT2D eigenvalue weighted by molar-refractivity contribution is -0.140. The Balaban J connectivity index is 1.47. The van der Waals surface area contributed by atoms with Gasteiger partial charge in [-0.25, -0.2) is 9.29 Å². The van der Waals surface area contributed by atoms with Crippen LogP contribution in [0.2, 0.25) is 5.02 Å². The van der Waals surface area contributed by atoms with Crippen LogP contribution in [0.25, 0.3) is 10.8 Å². The first-order chi connectivity index (χ1) is 20.1. The van der Waals surface area contributed by atoms with Crippen LogP contribution in [0.1, 0.15) is 38.2 Å². The van der Waals surface area contributed by atoms with Crippen LogP contribution in [0.15, 0.2) is 66.2 Å². The molecule has 0 radical (unpaired) electrons. The van der Waals surface area contributed by atoms with Crippen LogP contribution in [-0.4, -0.2) is 40.2 Å². The molecule has 0 aromatic heterocycles. The SMILES string of the molecule is CCN1C(=O)C2CC=C3C(CC4C(=O)N(c5ccc(F)c(Cl)c5)C(=O)C4(C)C3c3c(O)ccc4ccccc34)C2C1=O. The van der Waals surface area contributed by atoms with Gasteiger partial charge in [0.15, 0.2) is 0 Å². The van der Waals surface area contributed by atoms with Crippen molar-refractivity contribution in [1.29, 1.82) is 0 Å². The van der Waals surface area contributed by atoms with Gasteiger partial charge < -0.3 is 5.11 Å². The number of carbonyl (C=O) groups is 4. The van der Waals surface area contributed by atoms with Crippen molar-refractivity contribution >= 4 is 51.7 Å². The molecule has 2 heterocycles. The highest BCUT2D eigenvalue weighted by Crippen LogP contribution is 2.65. The number of aromatic hydroxyl groups is 1. The lowest BCUT2D eigenvalue weighted by Crippen LogP contribution is -2.49. The Labute approximate surface area is 246 Å². The number of phenolic OH excluding ortho intramolecular Hbond substituents is 1. The summed E-state index contributed by atoms with van der Waals surface area (Å²) < 4.78 is 14.1. The van der Waals surface area contributed by atoms with Gasteiger partial charge in [0.2, 0.25) is 23.6 Å². The van der Waals surface area contributed by atoms with E-state index in [9.17, 15) is 28.7 Å². The third-order valence-electron chi connectivity index (χ3n) is 10.1. The summed E-state index contributed by atoms with van der Waals surface area (Å²) in [6.07, 6.45) is 2.48. The van der Waals surface area contributed by atoms with Gasteiger partial charge in [0.05, 0.1) is 33.9 Å². The number of fused-ring (bicyclic) bond motifs is 5. The lowest BCUT2D eigenvalue weighted by Gasteiger charge is -2.49. The van der Waals surface area contributed by atoms with E-state index in [1.165, 1.54) is 17.0 Å². The first-order valence-corrected chi connectivity index (χ1v) is 14.6. The number of likely N-dealkylation sites (tertiary alicyclic amines) is 1. The Morgan fingerprint density at radius 3 is 2.50 bits per heavy atom. The minimum absolute atomic E-state index is 0.0186. The number of allylic oxidation sites excluding steroid dienone is 2. The summed E-state index contributed by atoms with van der Waals surface area (Å²) in [5.74, 6) is -5.40. The smallest absolute Gasteiger partial charge is 0.241 e. The molecule has 2 saturated heterocycles. The zero-order chi connectivity index (χ0) is 29.7. The molecule has 2 aliphatic heterocycles. The van der Waals surface area contributed by atoms with Crippen molar-refractivity contribution in [3.8, 4) is 5.75 Å². The number of anilines is 1. The Morgan fingerprint density at radius 1 is 1.00 bits per heavy atom. The molecule has 0 spiro atoms. The summed E-state index contributed by atoms with van der Waals surface area (Å²) in [7, 11) is 0. The van der Waals surface area contributed by atoms with E-state index in [0.29, 0.717) is 12.0 Å². The number of benzene rings is 3. The van der Waals surface area contributed by atoms with E-state index in [2.05, 4.69) is 0 Å². The Bertz CT molecular complexity index is 1770. The Morgan fingerprint density at radius 2 is 1.76 bits per heavy atom. The summed E-state index contributed by atoms with van der Waals surface area (Å²) in [4.78, 5) is 58.0. The van der Waals surface area contributed by atoms with Crippen LogP contribution < -0.4 is 4.90 Å². The molecule has 3 aromatic rings. The highest BCUT2D eigenvalue weighted by molar-refractivity contribution is 6.31. The number of rotatable bonds is 3. The second-order valence-corrected chi connectivity index (χ2v) is 12.3. The first kappa shape index (κ1) is 26.8. The van der Waals surface area contributed by atoms with Gasteiger partial charge in [0.25, 0.3) is 0 Å². The monoisotopic (exact) mass is 586 g/mol. The molecule has 4 amide bonds. The van der Waals surface area contributed by atoms with E-state index in [-0.39, 0.29) is 41.2 Å². The number of hydrogen-bond acceptors (Lipinski definition) is 5. The molecule has 1 N–H and O–H groups in total. The van der Waals surface area contributed by atoms with E-state index in [4.69, 9.17) is 11.6 Å². The predicted molar refractivity (Wildman–Crippen MR) is 154 cm³/mol. The van der Waals surface area contributed by atoms with Gasteiger partial charge in [0, 0.05) is 18.0 Å². The molecule has 214 valence electrons. The largest absolute Gasteiger partial charge is 0.508 e. The van der Waals surface area contributed by atoms with E-state index in [0.717, 1.165) is 27.3 Å². The normalized spacial score (nSPS) is 30.5. The van der Waals surface area contributed by atoms with Crippen LogP contribution in [0, 0.1) is 34.9 Å². The molecule has 7 rings (SSSR count). The summed E-state index contributed by atoms with van der Waals surface area (Å²) in [6.45, 7) is 3.77. The molecular formula is C33H28ClFN2O5. The second-order valence-electron chi connectivity index (χ2n) is 11.9. The fraction of sp³-hybridized carbons (Fsp3) is 0.333. The van der Waals surface area contributed by atoms with Crippen LogP contribution in [0.3, 0.4) is 0 Å². The van der Waals surface area contributed by atoms with E-state index in [1.54, 1.807) is 26.0 Å². The zero-order valence-electron chi connectivity index (χ0n) is 23.0. The van der Waals surface area contributed by atoms with Crippen LogP contribution >= 0.6 is 11.6 Å². The fourth-order valence-electron chi connectivity index (χ4n) is 8.16. The van der Waals surface area contributed by atoms with E-state index >= 15 is 0 Å².